The summed E-state index contributed by atoms with van der Waals surface area (Å²) in [6, 6.07) is 0. The molecule has 16 heavy (non-hydrogen) atoms. The lowest BCUT2D eigenvalue weighted by Crippen LogP contribution is -2.34. The number of thiazole rings is 1. The maximum Gasteiger partial charge on any atom is 0.0798 e. The zero-order valence-electron chi connectivity index (χ0n) is 10.7. The minimum Gasteiger partial charge on any atom is -0.395 e. The second kappa shape index (κ2) is 5.75. The smallest absolute Gasteiger partial charge is 0.0798 e. The highest BCUT2D eigenvalue weighted by atomic mass is 32.1. The van der Waals surface area contributed by atoms with Gasteiger partial charge in [0, 0.05) is 24.5 Å². The summed E-state index contributed by atoms with van der Waals surface area (Å²) in [4.78, 5) is 7.85. The molecular weight excluding hydrogens is 220 g/mol. The average Bonchev–Trinajstić information content (AvgIpc) is 2.49. The minimum atomic E-state index is 0.216. The van der Waals surface area contributed by atoms with Gasteiger partial charge in [0.1, 0.15) is 0 Å². The minimum absolute atomic E-state index is 0.216. The van der Waals surface area contributed by atoms with Crippen LogP contribution in [0.3, 0.4) is 0 Å². The Morgan fingerprint density at radius 3 is 2.56 bits per heavy atom. The number of aliphatic hydroxyl groups is 1. The summed E-state index contributed by atoms with van der Waals surface area (Å²) in [6.45, 7) is 11.5. The number of aromatic nitrogens is 1. The van der Waals surface area contributed by atoms with Crippen molar-refractivity contribution in [2.24, 2.45) is 5.41 Å². The van der Waals surface area contributed by atoms with E-state index in [4.69, 9.17) is 5.11 Å². The molecule has 1 aromatic rings. The maximum atomic E-state index is 9.08. The van der Waals surface area contributed by atoms with E-state index in [2.05, 4.69) is 30.7 Å². The lowest BCUT2D eigenvalue weighted by Gasteiger charge is -2.29. The van der Waals surface area contributed by atoms with Crippen molar-refractivity contribution in [3.63, 3.8) is 0 Å². The Morgan fingerprint density at radius 1 is 1.44 bits per heavy atom. The molecule has 1 heterocycles. The van der Waals surface area contributed by atoms with Crippen LogP contribution in [-0.2, 0) is 6.54 Å². The SMILES string of the molecule is Cc1ncsc1CN(CCO)CC(C)(C)C. The van der Waals surface area contributed by atoms with Gasteiger partial charge in [0.25, 0.3) is 0 Å². The highest BCUT2D eigenvalue weighted by Gasteiger charge is 2.17. The molecule has 1 aromatic heterocycles. The monoisotopic (exact) mass is 242 g/mol. The van der Waals surface area contributed by atoms with Gasteiger partial charge in [-0.3, -0.25) is 4.90 Å². The molecule has 0 aromatic carbocycles. The first kappa shape index (κ1) is 13.6. The largest absolute Gasteiger partial charge is 0.395 e. The fourth-order valence-electron chi connectivity index (χ4n) is 1.71. The predicted octanol–water partition coefficient (Wildman–Crippen LogP) is 2.29. The molecule has 0 saturated heterocycles. The summed E-state index contributed by atoms with van der Waals surface area (Å²) in [5.41, 5.74) is 3.26. The van der Waals surface area contributed by atoms with Crippen LogP contribution in [0.1, 0.15) is 31.3 Å². The molecule has 0 atom stereocenters. The molecule has 0 radical (unpaired) electrons. The zero-order valence-corrected chi connectivity index (χ0v) is 11.5. The van der Waals surface area contributed by atoms with Crippen molar-refractivity contribution in [3.05, 3.63) is 16.1 Å². The van der Waals surface area contributed by atoms with E-state index in [0.717, 1.165) is 25.3 Å². The third kappa shape index (κ3) is 4.60. The molecule has 0 unspecified atom stereocenters. The van der Waals surface area contributed by atoms with Crippen molar-refractivity contribution in [2.45, 2.75) is 34.2 Å². The van der Waals surface area contributed by atoms with E-state index in [1.807, 2.05) is 12.4 Å². The quantitative estimate of drug-likeness (QED) is 0.860. The molecule has 3 nitrogen and oxygen atoms in total. The first-order valence-electron chi connectivity index (χ1n) is 5.64. The van der Waals surface area contributed by atoms with Gasteiger partial charge in [-0.2, -0.15) is 0 Å². The molecular formula is C12H22N2OS. The van der Waals surface area contributed by atoms with Gasteiger partial charge in [0.15, 0.2) is 0 Å². The maximum absolute atomic E-state index is 9.08. The van der Waals surface area contributed by atoms with Crippen molar-refractivity contribution >= 4 is 11.3 Å². The highest BCUT2D eigenvalue weighted by molar-refractivity contribution is 7.09. The molecule has 1 rings (SSSR count). The van der Waals surface area contributed by atoms with E-state index >= 15 is 0 Å². The first-order valence-corrected chi connectivity index (χ1v) is 6.52. The summed E-state index contributed by atoms with van der Waals surface area (Å²) in [6.07, 6.45) is 0. The zero-order chi connectivity index (χ0) is 12.2. The third-order valence-corrected chi connectivity index (χ3v) is 3.25. The van der Waals surface area contributed by atoms with Crippen LogP contribution in [0.5, 0.6) is 0 Å². The van der Waals surface area contributed by atoms with Gasteiger partial charge in [-0.1, -0.05) is 20.8 Å². The highest BCUT2D eigenvalue weighted by Crippen LogP contribution is 2.19. The predicted molar refractivity (Wildman–Crippen MR) is 68.7 cm³/mol. The Morgan fingerprint density at radius 2 is 2.12 bits per heavy atom. The van der Waals surface area contributed by atoms with Crippen molar-refractivity contribution in [2.75, 3.05) is 19.7 Å². The number of nitrogens with zero attached hydrogens (tertiary/aromatic N) is 2. The summed E-state index contributed by atoms with van der Waals surface area (Å²) in [5.74, 6) is 0. The summed E-state index contributed by atoms with van der Waals surface area (Å²) >= 11 is 1.70. The first-order chi connectivity index (χ1) is 7.42. The van der Waals surface area contributed by atoms with Crippen LogP contribution in [0.4, 0.5) is 0 Å². The Kier molecular flexibility index (Phi) is 4.89. The van der Waals surface area contributed by atoms with E-state index in [1.165, 1.54) is 4.88 Å². The second-order valence-corrected chi connectivity index (χ2v) is 6.30. The molecule has 0 bridgehead atoms. The fraction of sp³-hybridized carbons (Fsp3) is 0.750. The molecule has 0 saturated carbocycles. The van der Waals surface area contributed by atoms with Gasteiger partial charge in [-0.05, 0) is 12.3 Å². The third-order valence-electron chi connectivity index (χ3n) is 2.33. The van der Waals surface area contributed by atoms with E-state index in [-0.39, 0.29) is 12.0 Å². The summed E-state index contributed by atoms with van der Waals surface area (Å²) in [5, 5.41) is 9.08. The van der Waals surface area contributed by atoms with Gasteiger partial charge >= 0.3 is 0 Å². The molecule has 0 spiro atoms. The van der Waals surface area contributed by atoms with E-state index in [9.17, 15) is 0 Å². The second-order valence-electron chi connectivity index (χ2n) is 5.36. The Bertz CT molecular complexity index is 317. The van der Waals surface area contributed by atoms with Crippen LogP contribution >= 0.6 is 11.3 Å². The molecule has 0 fully saturated rings. The number of aryl methyl sites for hydroxylation is 1. The Hall–Kier alpha value is -0.450. The Labute approximate surface area is 102 Å². The van der Waals surface area contributed by atoms with Crippen molar-refractivity contribution in [1.29, 1.82) is 0 Å². The molecule has 92 valence electrons. The molecule has 0 aliphatic carbocycles. The standard InChI is InChI=1S/C12H22N2OS/c1-10-11(16-9-13-10)7-14(5-6-15)8-12(2,3)4/h9,15H,5-8H2,1-4H3. The molecule has 0 aliphatic rings. The lowest BCUT2D eigenvalue weighted by atomic mass is 9.96. The summed E-state index contributed by atoms with van der Waals surface area (Å²) in [7, 11) is 0. The molecule has 0 aliphatic heterocycles. The molecule has 0 amide bonds. The van der Waals surface area contributed by atoms with Crippen LogP contribution in [0, 0.1) is 12.3 Å². The van der Waals surface area contributed by atoms with E-state index < -0.39 is 0 Å². The summed E-state index contributed by atoms with van der Waals surface area (Å²) < 4.78 is 0. The van der Waals surface area contributed by atoms with Crippen molar-refractivity contribution < 1.29 is 5.11 Å². The van der Waals surface area contributed by atoms with E-state index in [0.29, 0.717) is 0 Å². The van der Waals surface area contributed by atoms with Gasteiger partial charge in [-0.25, -0.2) is 4.98 Å². The van der Waals surface area contributed by atoms with Crippen LogP contribution in [0.25, 0.3) is 0 Å². The topological polar surface area (TPSA) is 36.4 Å². The van der Waals surface area contributed by atoms with Crippen LogP contribution in [-0.4, -0.2) is 34.7 Å². The van der Waals surface area contributed by atoms with Crippen LogP contribution in [0.15, 0.2) is 5.51 Å². The van der Waals surface area contributed by atoms with Gasteiger partial charge in [-0.15, -0.1) is 11.3 Å². The van der Waals surface area contributed by atoms with Gasteiger partial charge < -0.3 is 5.11 Å². The number of aliphatic hydroxyl groups excluding tert-OH is 1. The van der Waals surface area contributed by atoms with Crippen LogP contribution < -0.4 is 0 Å². The van der Waals surface area contributed by atoms with Gasteiger partial charge in [0.2, 0.25) is 0 Å². The average molecular weight is 242 g/mol. The molecule has 1 N–H and O–H groups in total. The van der Waals surface area contributed by atoms with Crippen molar-refractivity contribution in [3.8, 4) is 0 Å². The number of hydrogen-bond donors (Lipinski definition) is 1. The number of hydrogen-bond acceptors (Lipinski definition) is 4. The molecule has 4 heteroatoms. The normalized spacial score (nSPS) is 12.4. The van der Waals surface area contributed by atoms with Crippen molar-refractivity contribution in [1.82, 2.24) is 9.88 Å². The van der Waals surface area contributed by atoms with Gasteiger partial charge in [0.05, 0.1) is 17.8 Å². The Balaban J connectivity index is 2.61. The number of rotatable bonds is 5. The fourth-order valence-corrected chi connectivity index (χ4v) is 2.53. The van der Waals surface area contributed by atoms with Crippen LogP contribution in [0.2, 0.25) is 0 Å². The lowest BCUT2D eigenvalue weighted by molar-refractivity contribution is 0.147. The van der Waals surface area contributed by atoms with E-state index in [1.54, 1.807) is 11.3 Å².